The lowest BCUT2D eigenvalue weighted by Gasteiger charge is -2.11. The van der Waals surface area contributed by atoms with Gasteiger partial charge in [0.1, 0.15) is 0 Å². The smallest absolute Gasteiger partial charge is 0.338 e. The van der Waals surface area contributed by atoms with Crippen molar-refractivity contribution in [1.29, 1.82) is 0 Å². The average molecular weight is 252 g/mol. The zero-order chi connectivity index (χ0) is 13.7. The summed E-state index contributed by atoms with van der Waals surface area (Å²) in [4.78, 5) is 12.0. The van der Waals surface area contributed by atoms with Gasteiger partial charge in [0.05, 0.1) is 12.7 Å². The van der Waals surface area contributed by atoms with Crippen LogP contribution in [0.1, 0.15) is 18.1 Å². The SMILES string of the molecule is COC(=O)C(=C(C)c1ccccc1)c1ccccc1. The molecule has 19 heavy (non-hydrogen) atoms. The molecule has 0 aliphatic heterocycles. The molecule has 2 rings (SSSR count). The van der Waals surface area contributed by atoms with Crippen LogP contribution in [0, 0.1) is 0 Å². The van der Waals surface area contributed by atoms with Gasteiger partial charge in [0.15, 0.2) is 0 Å². The van der Waals surface area contributed by atoms with Crippen LogP contribution < -0.4 is 0 Å². The van der Waals surface area contributed by atoms with E-state index >= 15 is 0 Å². The highest BCUT2D eigenvalue weighted by Gasteiger charge is 2.16. The molecule has 2 heteroatoms. The molecule has 0 atom stereocenters. The van der Waals surface area contributed by atoms with Crippen molar-refractivity contribution < 1.29 is 9.53 Å². The number of benzene rings is 2. The molecule has 0 saturated heterocycles. The summed E-state index contributed by atoms with van der Waals surface area (Å²) >= 11 is 0. The fourth-order valence-corrected chi connectivity index (χ4v) is 2.03. The summed E-state index contributed by atoms with van der Waals surface area (Å²) in [6, 6.07) is 19.4. The van der Waals surface area contributed by atoms with Crippen LogP contribution in [0.3, 0.4) is 0 Å². The minimum Gasteiger partial charge on any atom is -0.465 e. The molecular formula is C17H16O2. The fourth-order valence-electron chi connectivity index (χ4n) is 2.03. The first-order valence-corrected chi connectivity index (χ1v) is 6.14. The van der Waals surface area contributed by atoms with Crippen LogP contribution in [0.4, 0.5) is 0 Å². The molecule has 0 aliphatic carbocycles. The van der Waals surface area contributed by atoms with Crippen molar-refractivity contribution in [1.82, 2.24) is 0 Å². The van der Waals surface area contributed by atoms with Gasteiger partial charge in [0.25, 0.3) is 0 Å². The quantitative estimate of drug-likeness (QED) is 0.472. The fraction of sp³-hybridized carbons (Fsp3) is 0.118. The monoisotopic (exact) mass is 252 g/mol. The van der Waals surface area contributed by atoms with Crippen LogP contribution >= 0.6 is 0 Å². The maximum atomic E-state index is 12.0. The zero-order valence-electron chi connectivity index (χ0n) is 11.1. The topological polar surface area (TPSA) is 26.3 Å². The molecule has 0 aromatic heterocycles. The van der Waals surface area contributed by atoms with Gasteiger partial charge in [-0.05, 0) is 23.6 Å². The Labute approximate surface area is 113 Å². The molecule has 0 unspecified atom stereocenters. The Kier molecular flexibility index (Phi) is 4.14. The van der Waals surface area contributed by atoms with Crippen molar-refractivity contribution in [2.45, 2.75) is 6.92 Å². The van der Waals surface area contributed by atoms with Gasteiger partial charge < -0.3 is 4.74 Å². The Morgan fingerprint density at radius 3 is 1.79 bits per heavy atom. The molecule has 0 fully saturated rings. The van der Waals surface area contributed by atoms with Crippen molar-refractivity contribution in [2.24, 2.45) is 0 Å². The number of methoxy groups -OCH3 is 1. The van der Waals surface area contributed by atoms with Crippen molar-refractivity contribution >= 4 is 17.1 Å². The summed E-state index contributed by atoms with van der Waals surface area (Å²) in [5.41, 5.74) is 3.41. The summed E-state index contributed by atoms with van der Waals surface area (Å²) in [6.07, 6.45) is 0. The molecular weight excluding hydrogens is 236 g/mol. The molecule has 0 N–H and O–H groups in total. The van der Waals surface area contributed by atoms with Gasteiger partial charge in [0, 0.05) is 0 Å². The van der Waals surface area contributed by atoms with Crippen molar-refractivity contribution in [3.05, 3.63) is 71.8 Å². The Bertz CT molecular complexity index is 583. The van der Waals surface area contributed by atoms with E-state index < -0.39 is 0 Å². The summed E-state index contributed by atoms with van der Waals surface area (Å²) in [7, 11) is 1.41. The van der Waals surface area contributed by atoms with Crippen molar-refractivity contribution in [2.75, 3.05) is 7.11 Å². The molecule has 0 heterocycles. The van der Waals surface area contributed by atoms with Crippen molar-refractivity contribution in [3.8, 4) is 0 Å². The van der Waals surface area contributed by atoms with E-state index in [-0.39, 0.29) is 5.97 Å². The third-order valence-electron chi connectivity index (χ3n) is 3.03. The van der Waals surface area contributed by atoms with Crippen LogP contribution in [0.2, 0.25) is 0 Å². The normalized spacial score (nSPS) is 11.7. The van der Waals surface area contributed by atoms with E-state index in [4.69, 9.17) is 4.74 Å². The van der Waals surface area contributed by atoms with Crippen LogP contribution in [0.25, 0.3) is 11.1 Å². The molecule has 0 radical (unpaired) electrons. The van der Waals surface area contributed by atoms with Gasteiger partial charge in [-0.2, -0.15) is 0 Å². The average Bonchev–Trinajstić information content (AvgIpc) is 2.49. The highest BCUT2D eigenvalue weighted by atomic mass is 16.5. The lowest BCUT2D eigenvalue weighted by atomic mass is 9.96. The summed E-state index contributed by atoms with van der Waals surface area (Å²) in [5.74, 6) is -0.312. The molecule has 2 nitrogen and oxygen atoms in total. The van der Waals surface area contributed by atoms with E-state index in [1.807, 2.05) is 67.6 Å². The van der Waals surface area contributed by atoms with Crippen LogP contribution in [0.5, 0.6) is 0 Å². The molecule has 0 amide bonds. The van der Waals surface area contributed by atoms with Gasteiger partial charge in [-0.15, -0.1) is 0 Å². The summed E-state index contributed by atoms with van der Waals surface area (Å²) in [6.45, 7) is 1.94. The number of ether oxygens (including phenoxy) is 1. The van der Waals surface area contributed by atoms with E-state index in [2.05, 4.69) is 0 Å². The van der Waals surface area contributed by atoms with Gasteiger partial charge >= 0.3 is 5.97 Å². The van der Waals surface area contributed by atoms with E-state index in [1.165, 1.54) is 7.11 Å². The van der Waals surface area contributed by atoms with Crippen LogP contribution in [0.15, 0.2) is 60.7 Å². The Morgan fingerprint density at radius 1 is 0.842 bits per heavy atom. The number of carbonyl (C=O) groups is 1. The van der Waals surface area contributed by atoms with Gasteiger partial charge in [0.2, 0.25) is 0 Å². The lowest BCUT2D eigenvalue weighted by molar-refractivity contribution is -0.133. The maximum absolute atomic E-state index is 12.0. The first-order chi connectivity index (χ1) is 9.24. The number of carbonyl (C=O) groups excluding carboxylic acids is 1. The van der Waals surface area contributed by atoms with Crippen LogP contribution in [-0.4, -0.2) is 13.1 Å². The third-order valence-corrected chi connectivity index (χ3v) is 3.03. The zero-order valence-corrected chi connectivity index (χ0v) is 11.1. The minimum atomic E-state index is -0.312. The maximum Gasteiger partial charge on any atom is 0.338 e. The van der Waals surface area contributed by atoms with E-state index in [0.29, 0.717) is 5.57 Å². The molecule has 0 aliphatic rings. The molecule has 0 spiro atoms. The number of esters is 1. The van der Waals surface area contributed by atoms with E-state index in [9.17, 15) is 4.79 Å². The highest BCUT2D eigenvalue weighted by molar-refractivity contribution is 6.24. The second-order valence-electron chi connectivity index (χ2n) is 4.22. The van der Waals surface area contributed by atoms with Gasteiger partial charge in [-0.1, -0.05) is 60.7 Å². The van der Waals surface area contributed by atoms with Gasteiger partial charge in [-0.3, -0.25) is 0 Å². The molecule has 0 bridgehead atoms. The summed E-state index contributed by atoms with van der Waals surface area (Å²) in [5, 5.41) is 0. The molecule has 0 saturated carbocycles. The van der Waals surface area contributed by atoms with Crippen molar-refractivity contribution in [3.63, 3.8) is 0 Å². The third kappa shape index (κ3) is 2.91. The predicted octanol–water partition coefficient (Wildman–Crippen LogP) is 3.79. The molecule has 96 valence electrons. The second-order valence-corrected chi connectivity index (χ2v) is 4.22. The number of allylic oxidation sites excluding steroid dienone is 1. The standard InChI is InChI=1S/C17H16O2/c1-13(14-9-5-3-6-10-14)16(17(18)19-2)15-11-7-4-8-12-15/h3-12H,1-2H3. The number of hydrogen-bond donors (Lipinski definition) is 0. The Hall–Kier alpha value is -2.35. The predicted molar refractivity (Wildman–Crippen MR) is 77.4 cm³/mol. The Balaban J connectivity index is 2.58. The largest absolute Gasteiger partial charge is 0.465 e. The van der Waals surface area contributed by atoms with Crippen LogP contribution in [-0.2, 0) is 9.53 Å². The van der Waals surface area contributed by atoms with E-state index in [1.54, 1.807) is 0 Å². The summed E-state index contributed by atoms with van der Waals surface area (Å²) < 4.78 is 4.91. The second kappa shape index (κ2) is 6.01. The molecule has 2 aromatic carbocycles. The lowest BCUT2D eigenvalue weighted by Crippen LogP contribution is -2.06. The number of hydrogen-bond acceptors (Lipinski definition) is 2. The Morgan fingerprint density at radius 2 is 1.32 bits per heavy atom. The highest BCUT2D eigenvalue weighted by Crippen LogP contribution is 2.26. The first-order valence-electron chi connectivity index (χ1n) is 6.14. The molecule has 2 aromatic rings. The van der Waals surface area contributed by atoms with E-state index in [0.717, 1.165) is 16.7 Å². The minimum absolute atomic E-state index is 0.312. The first kappa shape index (κ1) is 13.1. The van der Waals surface area contributed by atoms with Gasteiger partial charge in [-0.25, -0.2) is 4.79 Å². The number of rotatable bonds is 3.